The minimum absolute atomic E-state index is 0.0408. The Morgan fingerprint density at radius 2 is 2.31 bits per heavy atom. The fourth-order valence-electron chi connectivity index (χ4n) is 1.72. The first kappa shape index (κ1) is 8.26. The molecule has 68 valence electrons. The summed E-state index contributed by atoms with van der Waals surface area (Å²) in [5, 5.41) is 2.80. The molecule has 1 aromatic rings. The summed E-state index contributed by atoms with van der Waals surface area (Å²) >= 11 is 0. The van der Waals surface area contributed by atoms with Crippen LogP contribution in [0.5, 0.6) is 0 Å². The van der Waals surface area contributed by atoms with Crippen molar-refractivity contribution in [2.45, 2.75) is 13.0 Å². The number of hydrogen-bond acceptors (Lipinski definition) is 2. The van der Waals surface area contributed by atoms with Gasteiger partial charge < -0.3 is 11.1 Å². The predicted octanol–water partition coefficient (Wildman–Crippen LogP) is 0.431. The second kappa shape index (κ2) is 3.18. The smallest absolute Gasteiger partial charge is 0.252 e. The second-order valence-corrected chi connectivity index (χ2v) is 3.17. The largest absolute Gasteiger partial charge is 0.348 e. The molecular formula is C10H12N2O. The molecule has 3 heteroatoms. The van der Waals surface area contributed by atoms with Crippen molar-refractivity contribution in [3.8, 4) is 0 Å². The molecule has 0 aliphatic carbocycles. The van der Waals surface area contributed by atoms with Gasteiger partial charge in [-0.05, 0) is 24.1 Å². The lowest BCUT2D eigenvalue weighted by Gasteiger charge is -2.03. The van der Waals surface area contributed by atoms with Crippen molar-refractivity contribution in [1.82, 2.24) is 5.32 Å². The zero-order valence-electron chi connectivity index (χ0n) is 7.34. The zero-order chi connectivity index (χ0) is 9.26. The van der Waals surface area contributed by atoms with E-state index in [4.69, 9.17) is 5.73 Å². The predicted molar refractivity (Wildman–Crippen MR) is 50.4 cm³/mol. The van der Waals surface area contributed by atoms with Crippen LogP contribution in [0.15, 0.2) is 18.2 Å². The Bertz CT molecular complexity index is 347. The first-order chi connectivity index (χ1) is 6.33. The van der Waals surface area contributed by atoms with Gasteiger partial charge in [-0.15, -0.1) is 0 Å². The van der Waals surface area contributed by atoms with Gasteiger partial charge in [0.15, 0.2) is 0 Å². The van der Waals surface area contributed by atoms with Crippen LogP contribution in [0.3, 0.4) is 0 Å². The average molecular weight is 176 g/mol. The lowest BCUT2D eigenvalue weighted by Crippen LogP contribution is -2.14. The standard InChI is InChI=1S/C10H12N2O/c11-5-4-7-2-1-3-8-6-12-10(13)9(7)8/h1-3H,4-6,11H2,(H,12,13). The van der Waals surface area contributed by atoms with Crippen LogP contribution in [0, 0.1) is 0 Å². The van der Waals surface area contributed by atoms with Crippen molar-refractivity contribution in [2.24, 2.45) is 5.73 Å². The molecule has 0 saturated carbocycles. The SMILES string of the molecule is NCCc1cccc2c1C(=O)NC2. The van der Waals surface area contributed by atoms with E-state index < -0.39 is 0 Å². The van der Waals surface area contributed by atoms with Gasteiger partial charge in [0.2, 0.25) is 0 Å². The molecule has 0 bridgehead atoms. The molecule has 0 saturated heterocycles. The second-order valence-electron chi connectivity index (χ2n) is 3.17. The highest BCUT2D eigenvalue weighted by molar-refractivity contribution is 5.99. The molecule has 0 fully saturated rings. The number of nitrogens with one attached hydrogen (secondary N) is 1. The van der Waals surface area contributed by atoms with E-state index >= 15 is 0 Å². The van der Waals surface area contributed by atoms with Gasteiger partial charge in [0.25, 0.3) is 5.91 Å². The summed E-state index contributed by atoms with van der Waals surface area (Å²) in [6.45, 7) is 1.25. The molecule has 1 aliphatic rings. The molecule has 0 aromatic heterocycles. The third kappa shape index (κ3) is 1.31. The van der Waals surface area contributed by atoms with Crippen LogP contribution >= 0.6 is 0 Å². The topological polar surface area (TPSA) is 55.1 Å². The summed E-state index contributed by atoms with van der Waals surface area (Å²) < 4.78 is 0. The number of rotatable bonds is 2. The summed E-state index contributed by atoms with van der Waals surface area (Å²) in [6, 6.07) is 5.92. The van der Waals surface area contributed by atoms with E-state index in [0.29, 0.717) is 13.1 Å². The van der Waals surface area contributed by atoms with Crippen molar-refractivity contribution >= 4 is 5.91 Å². The molecule has 1 aromatic carbocycles. The molecule has 1 heterocycles. The van der Waals surface area contributed by atoms with Gasteiger partial charge in [-0.25, -0.2) is 0 Å². The van der Waals surface area contributed by atoms with Crippen molar-refractivity contribution < 1.29 is 4.79 Å². The van der Waals surface area contributed by atoms with Gasteiger partial charge in [0, 0.05) is 12.1 Å². The van der Waals surface area contributed by atoms with Gasteiger partial charge in [0.05, 0.1) is 0 Å². The third-order valence-corrected chi connectivity index (χ3v) is 2.32. The normalized spacial score (nSPS) is 14.1. The van der Waals surface area contributed by atoms with E-state index in [1.807, 2.05) is 18.2 Å². The molecule has 3 nitrogen and oxygen atoms in total. The minimum atomic E-state index is 0.0408. The van der Waals surface area contributed by atoms with Crippen LogP contribution in [-0.2, 0) is 13.0 Å². The molecule has 2 rings (SSSR count). The number of amides is 1. The average Bonchev–Trinajstić information content (AvgIpc) is 2.50. The molecule has 13 heavy (non-hydrogen) atoms. The summed E-state index contributed by atoms with van der Waals surface area (Å²) in [5.74, 6) is 0.0408. The number of carbonyl (C=O) groups is 1. The molecular weight excluding hydrogens is 164 g/mol. The van der Waals surface area contributed by atoms with Gasteiger partial charge >= 0.3 is 0 Å². The highest BCUT2D eigenvalue weighted by Gasteiger charge is 2.20. The first-order valence-corrected chi connectivity index (χ1v) is 4.42. The Morgan fingerprint density at radius 3 is 3.08 bits per heavy atom. The van der Waals surface area contributed by atoms with Gasteiger partial charge in [0.1, 0.15) is 0 Å². The fraction of sp³-hybridized carbons (Fsp3) is 0.300. The van der Waals surface area contributed by atoms with Crippen LogP contribution in [0.1, 0.15) is 21.5 Å². The zero-order valence-corrected chi connectivity index (χ0v) is 7.34. The Labute approximate surface area is 76.9 Å². The molecule has 1 aliphatic heterocycles. The maximum absolute atomic E-state index is 11.4. The van der Waals surface area contributed by atoms with Gasteiger partial charge in [-0.2, -0.15) is 0 Å². The van der Waals surface area contributed by atoms with Crippen molar-refractivity contribution in [3.05, 3.63) is 34.9 Å². The number of nitrogens with two attached hydrogens (primary N) is 1. The van der Waals surface area contributed by atoms with E-state index in [1.54, 1.807) is 0 Å². The van der Waals surface area contributed by atoms with Crippen molar-refractivity contribution in [3.63, 3.8) is 0 Å². The van der Waals surface area contributed by atoms with Gasteiger partial charge in [-0.3, -0.25) is 4.79 Å². The molecule has 0 spiro atoms. The number of carbonyl (C=O) groups excluding carboxylic acids is 1. The third-order valence-electron chi connectivity index (χ3n) is 2.32. The molecule has 1 amide bonds. The van der Waals surface area contributed by atoms with Crippen LogP contribution < -0.4 is 11.1 Å². The van der Waals surface area contributed by atoms with E-state index in [2.05, 4.69) is 5.32 Å². The first-order valence-electron chi connectivity index (χ1n) is 4.42. The van der Waals surface area contributed by atoms with E-state index in [0.717, 1.165) is 23.1 Å². The quantitative estimate of drug-likeness (QED) is 0.686. The van der Waals surface area contributed by atoms with Crippen LogP contribution in [0.25, 0.3) is 0 Å². The Hall–Kier alpha value is -1.35. The number of hydrogen-bond donors (Lipinski definition) is 2. The minimum Gasteiger partial charge on any atom is -0.348 e. The van der Waals surface area contributed by atoms with Crippen LogP contribution in [0.2, 0.25) is 0 Å². The van der Waals surface area contributed by atoms with Crippen LogP contribution in [-0.4, -0.2) is 12.5 Å². The highest BCUT2D eigenvalue weighted by Crippen LogP contribution is 2.19. The lowest BCUT2D eigenvalue weighted by molar-refractivity contribution is 0.0965. The Morgan fingerprint density at radius 1 is 1.46 bits per heavy atom. The molecule has 3 N–H and O–H groups in total. The van der Waals surface area contributed by atoms with Crippen molar-refractivity contribution in [2.75, 3.05) is 6.54 Å². The summed E-state index contributed by atoms with van der Waals surface area (Å²) in [5.41, 5.74) is 8.47. The summed E-state index contributed by atoms with van der Waals surface area (Å²) in [4.78, 5) is 11.4. The van der Waals surface area contributed by atoms with Crippen molar-refractivity contribution in [1.29, 1.82) is 0 Å². The van der Waals surface area contributed by atoms with E-state index in [1.165, 1.54) is 0 Å². The summed E-state index contributed by atoms with van der Waals surface area (Å²) in [6.07, 6.45) is 0.774. The number of fused-ring (bicyclic) bond motifs is 1. The van der Waals surface area contributed by atoms with E-state index in [9.17, 15) is 4.79 Å². The Kier molecular flexibility index (Phi) is 2.02. The lowest BCUT2D eigenvalue weighted by atomic mass is 10.0. The Balaban J connectivity index is 2.47. The highest BCUT2D eigenvalue weighted by atomic mass is 16.1. The monoisotopic (exact) mass is 176 g/mol. The summed E-state index contributed by atoms with van der Waals surface area (Å²) in [7, 11) is 0. The molecule has 0 radical (unpaired) electrons. The number of benzene rings is 1. The maximum Gasteiger partial charge on any atom is 0.252 e. The van der Waals surface area contributed by atoms with E-state index in [-0.39, 0.29) is 5.91 Å². The molecule has 0 atom stereocenters. The maximum atomic E-state index is 11.4. The van der Waals surface area contributed by atoms with Gasteiger partial charge in [-0.1, -0.05) is 18.2 Å². The molecule has 0 unspecified atom stereocenters. The fourth-order valence-corrected chi connectivity index (χ4v) is 1.72. The van der Waals surface area contributed by atoms with Crippen LogP contribution in [0.4, 0.5) is 0 Å².